The summed E-state index contributed by atoms with van der Waals surface area (Å²) in [6.07, 6.45) is 7.26. The molecule has 1 atom stereocenters. The molecular formula is C23H30N2O4. The molecule has 0 radical (unpaired) electrons. The van der Waals surface area contributed by atoms with E-state index >= 15 is 0 Å². The van der Waals surface area contributed by atoms with Crippen molar-refractivity contribution in [1.82, 2.24) is 10.9 Å². The van der Waals surface area contributed by atoms with Gasteiger partial charge in [0.1, 0.15) is 5.75 Å². The van der Waals surface area contributed by atoms with Gasteiger partial charge in [-0.1, -0.05) is 0 Å². The topological polar surface area (TPSA) is 84.5 Å². The second kappa shape index (κ2) is 7.81. The third-order valence-electron chi connectivity index (χ3n) is 6.97. The number of ether oxygens (including phenoxy) is 1. The number of hydrogen-bond acceptors (Lipinski definition) is 4. The third-order valence-corrected chi connectivity index (χ3v) is 6.97. The average molecular weight is 399 g/mol. The van der Waals surface area contributed by atoms with Gasteiger partial charge in [0.25, 0.3) is 5.91 Å². The van der Waals surface area contributed by atoms with Crippen LogP contribution in [0.5, 0.6) is 5.75 Å². The summed E-state index contributed by atoms with van der Waals surface area (Å²) in [6, 6.07) is 6.64. The highest BCUT2D eigenvalue weighted by Gasteiger charge is 2.51. The number of benzene rings is 1. The van der Waals surface area contributed by atoms with E-state index in [9.17, 15) is 14.4 Å². The largest absolute Gasteiger partial charge is 0.481 e. The molecule has 0 spiro atoms. The van der Waals surface area contributed by atoms with Crippen LogP contribution in [0.1, 0.15) is 69.2 Å². The van der Waals surface area contributed by atoms with Gasteiger partial charge in [0.05, 0.1) is 0 Å². The lowest BCUT2D eigenvalue weighted by molar-refractivity contribution is -0.136. The molecule has 0 aromatic heterocycles. The fourth-order valence-corrected chi connectivity index (χ4v) is 6.15. The second-order valence-electron chi connectivity index (χ2n) is 9.47. The summed E-state index contributed by atoms with van der Waals surface area (Å²) in [5.74, 6) is 2.35. The van der Waals surface area contributed by atoms with Crippen molar-refractivity contribution in [1.29, 1.82) is 0 Å². The van der Waals surface area contributed by atoms with Crippen molar-refractivity contribution in [3.8, 4) is 5.75 Å². The zero-order valence-electron chi connectivity index (χ0n) is 17.2. The van der Waals surface area contributed by atoms with E-state index in [-0.39, 0.29) is 17.1 Å². The Bertz CT molecular complexity index is 766. The lowest BCUT2D eigenvalue weighted by Crippen LogP contribution is -2.51. The van der Waals surface area contributed by atoms with Crippen molar-refractivity contribution < 1.29 is 19.1 Å². The van der Waals surface area contributed by atoms with Crippen molar-refractivity contribution in [2.75, 3.05) is 0 Å². The molecule has 4 saturated carbocycles. The molecule has 29 heavy (non-hydrogen) atoms. The molecule has 6 nitrogen and oxygen atoms in total. The number of hydrogen-bond donors (Lipinski definition) is 2. The zero-order chi connectivity index (χ0) is 20.6. The van der Waals surface area contributed by atoms with Gasteiger partial charge in [-0.2, -0.15) is 0 Å². The molecule has 4 aliphatic rings. The maximum atomic E-state index is 12.5. The lowest BCUT2D eigenvalue weighted by Gasteiger charge is -2.56. The first-order valence-electron chi connectivity index (χ1n) is 10.7. The van der Waals surface area contributed by atoms with Crippen LogP contribution in [0.2, 0.25) is 0 Å². The van der Waals surface area contributed by atoms with Crippen LogP contribution in [-0.2, 0) is 9.59 Å². The van der Waals surface area contributed by atoms with Gasteiger partial charge in [0.15, 0.2) is 11.9 Å². The smallest absolute Gasteiger partial charge is 0.279 e. The van der Waals surface area contributed by atoms with Gasteiger partial charge >= 0.3 is 0 Å². The van der Waals surface area contributed by atoms with E-state index < -0.39 is 12.0 Å². The molecule has 0 aliphatic heterocycles. The first-order valence-corrected chi connectivity index (χ1v) is 10.7. The van der Waals surface area contributed by atoms with Crippen molar-refractivity contribution in [3.05, 3.63) is 29.8 Å². The van der Waals surface area contributed by atoms with Gasteiger partial charge in [0, 0.05) is 12.0 Å². The first-order chi connectivity index (χ1) is 13.8. The first kappa shape index (κ1) is 19.9. The number of carbonyl (C=O) groups is 3. The maximum Gasteiger partial charge on any atom is 0.279 e. The lowest BCUT2D eigenvalue weighted by atomic mass is 9.49. The van der Waals surface area contributed by atoms with Crippen LogP contribution in [0, 0.1) is 23.2 Å². The molecule has 2 N–H and O–H groups in total. The molecule has 0 heterocycles. The van der Waals surface area contributed by atoms with E-state index in [0.717, 1.165) is 37.0 Å². The Hall–Kier alpha value is -2.37. The normalized spacial score (nSPS) is 30.5. The Morgan fingerprint density at radius 3 is 2.07 bits per heavy atom. The predicted octanol–water partition coefficient (Wildman–Crippen LogP) is 3.41. The van der Waals surface area contributed by atoms with Crippen LogP contribution >= 0.6 is 0 Å². The number of carbonyl (C=O) groups excluding carboxylic acids is 3. The summed E-state index contributed by atoms with van der Waals surface area (Å²) >= 11 is 0. The van der Waals surface area contributed by atoms with E-state index in [2.05, 4.69) is 10.9 Å². The SMILES string of the molecule is CC(=O)c1ccc(OC(C)C(=O)NNC(=O)CC23CC4CC(CC(C4)C2)C3)cc1. The Morgan fingerprint density at radius 2 is 1.55 bits per heavy atom. The highest BCUT2D eigenvalue weighted by atomic mass is 16.5. The number of rotatable bonds is 6. The molecule has 4 bridgehead atoms. The van der Waals surface area contributed by atoms with Gasteiger partial charge in [-0.25, -0.2) is 0 Å². The summed E-state index contributed by atoms with van der Waals surface area (Å²) in [5.41, 5.74) is 5.81. The Labute approximate surface area is 171 Å². The van der Waals surface area contributed by atoms with Crippen LogP contribution in [0.4, 0.5) is 0 Å². The van der Waals surface area contributed by atoms with Gasteiger partial charge in [0.2, 0.25) is 5.91 Å². The summed E-state index contributed by atoms with van der Waals surface area (Å²) in [4.78, 5) is 36.1. The zero-order valence-corrected chi connectivity index (χ0v) is 17.2. The fourth-order valence-electron chi connectivity index (χ4n) is 6.15. The second-order valence-corrected chi connectivity index (χ2v) is 9.47. The Kier molecular flexibility index (Phi) is 5.36. The van der Waals surface area contributed by atoms with Crippen LogP contribution in [0.3, 0.4) is 0 Å². The molecule has 0 saturated heterocycles. The average Bonchev–Trinajstić information content (AvgIpc) is 2.65. The van der Waals surface area contributed by atoms with Gasteiger partial charge in [-0.05, 0) is 99.8 Å². The molecule has 1 aromatic rings. The predicted molar refractivity (Wildman–Crippen MR) is 108 cm³/mol. The Balaban J connectivity index is 1.24. The monoisotopic (exact) mass is 398 g/mol. The van der Waals surface area contributed by atoms with Crippen LogP contribution < -0.4 is 15.6 Å². The number of amides is 2. The quantitative estimate of drug-likeness (QED) is 0.568. The molecule has 4 fully saturated rings. The van der Waals surface area contributed by atoms with Crippen LogP contribution in [-0.4, -0.2) is 23.7 Å². The number of ketones is 1. The molecule has 2 amide bonds. The molecule has 156 valence electrons. The van der Waals surface area contributed by atoms with Crippen LogP contribution in [0.15, 0.2) is 24.3 Å². The van der Waals surface area contributed by atoms with E-state index in [4.69, 9.17) is 4.74 Å². The van der Waals surface area contributed by atoms with Crippen molar-refractivity contribution in [2.45, 2.75) is 64.9 Å². The van der Waals surface area contributed by atoms with Gasteiger partial charge in [-0.3, -0.25) is 25.2 Å². The highest BCUT2D eigenvalue weighted by molar-refractivity contribution is 5.94. The molecule has 1 aromatic carbocycles. The fraction of sp³-hybridized carbons (Fsp3) is 0.609. The third kappa shape index (κ3) is 4.46. The summed E-state index contributed by atoms with van der Waals surface area (Å²) < 4.78 is 5.60. The van der Waals surface area contributed by atoms with Crippen molar-refractivity contribution in [2.24, 2.45) is 23.2 Å². The van der Waals surface area contributed by atoms with Gasteiger partial charge in [-0.15, -0.1) is 0 Å². The van der Waals surface area contributed by atoms with E-state index in [1.165, 1.54) is 26.2 Å². The summed E-state index contributed by atoms with van der Waals surface area (Å²) in [5, 5.41) is 0. The Morgan fingerprint density at radius 1 is 1.00 bits per heavy atom. The maximum absolute atomic E-state index is 12.5. The number of hydrazine groups is 1. The summed E-state index contributed by atoms with van der Waals surface area (Å²) in [6.45, 7) is 3.12. The minimum atomic E-state index is -0.766. The molecule has 5 rings (SSSR count). The molecular weight excluding hydrogens is 368 g/mol. The van der Waals surface area contributed by atoms with Crippen molar-refractivity contribution >= 4 is 17.6 Å². The molecule has 1 unspecified atom stereocenters. The van der Waals surface area contributed by atoms with Gasteiger partial charge < -0.3 is 4.74 Å². The van der Waals surface area contributed by atoms with Crippen molar-refractivity contribution in [3.63, 3.8) is 0 Å². The summed E-state index contributed by atoms with van der Waals surface area (Å²) in [7, 11) is 0. The van der Waals surface area contributed by atoms with E-state index in [0.29, 0.717) is 17.7 Å². The minimum absolute atomic E-state index is 0.0240. The van der Waals surface area contributed by atoms with E-state index in [1.807, 2.05) is 0 Å². The number of Topliss-reactive ketones (excluding diaryl/α,β-unsaturated/α-hetero) is 1. The molecule has 4 aliphatic carbocycles. The van der Waals surface area contributed by atoms with Crippen LogP contribution in [0.25, 0.3) is 0 Å². The number of nitrogens with one attached hydrogen (secondary N) is 2. The molecule has 6 heteroatoms. The highest BCUT2D eigenvalue weighted by Crippen LogP contribution is 2.61. The standard InChI is InChI=1S/C23H30N2O4/c1-14(26)19-3-5-20(6-4-19)29-15(2)22(28)25-24-21(27)13-23-10-16-7-17(11-23)9-18(8-16)12-23/h3-6,15-18H,7-13H2,1-2H3,(H,24,27)(H,25,28). The minimum Gasteiger partial charge on any atom is -0.481 e. The van der Waals surface area contributed by atoms with E-state index in [1.54, 1.807) is 31.2 Å².